The molecule has 2 heteroatoms. The van der Waals surface area contributed by atoms with E-state index in [1.807, 2.05) is 5.38 Å². The molecular weight excluding hydrogens is 118 g/mol. The van der Waals surface area contributed by atoms with Crippen LogP contribution in [0.25, 0.3) is 0 Å². The number of hydrogen-bond acceptors (Lipinski definition) is 2. The van der Waals surface area contributed by atoms with Crippen LogP contribution < -0.4 is 0 Å². The minimum Gasteiger partial charge on any atom is -0.246 e. The Morgan fingerprint density at radius 2 is 2.62 bits per heavy atom. The predicted octanol–water partition coefficient (Wildman–Crippen LogP) is 1.89. The molecule has 0 atom stereocenters. The highest BCUT2D eigenvalue weighted by Crippen LogP contribution is 2.07. The van der Waals surface area contributed by atoms with Crippen LogP contribution >= 0.6 is 11.3 Å². The largest absolute Gasteiger partial charge is 0.246 e. The zero-order valence-electron chi connectivity index (χ0n) is 4.85. The molecule has 0 unspecified atom stereocenters. The Hall–Kier alpha value is -0.370. The summed E-state index contributed by atoms with van der Waals surface area (Å²) in [6, 6.07) is 0. The second-order valence-corrected chi connectivity index (χ2v) is 2.53. The summed E-state index contributed by atoms with van der Waals surface area (Å²) >= 11 is 1.61. The fraction of sp³-hybridized carbons (Fsp3) is 0.333. The SMILES string of the molecule is [CH2]c1nc(CC)cs1. The van der Waals surface area contributed by atoms with Gasteiger partial charge in [-0.05, 0) is 6.42 Å². The van der Waals surface area contributed by atoms with E-state index in [1.54, 1.807) is 11.3 Å². The van der Waals surface area contributed by atoms with Gasteiger partial charge in [-0.3, -0.25) is 0 Å². The van der Waals surface area contributed by atoms with Crippen molar-refractivity contribution in [2.45, 2.75) is 13.3 Å². The topological polar surface area (TPSA) is 12.9 Å². The van der Waals surface area contributed by atoms with Gasteiger partial charge in [-0.1, -0.05) is 6.92 Å². The molecule has 0 N–H and O–H groups in total. The summed E-state index contributed by atoms with van der Waals surface area (Å²) in [5.74, 6) is 0. The number of rotatable bonds is 1. The van der Waals surface area contributed by atoms with Gasteiger partial charge in [-0.15, -0.1) is 11.3 Å². The van der Waals surface area contributed by atoms with E-state index in [9.17, 15) is 0 Å². The van der Waals surface area contributed by atoms with E-state index in [4.69, 9.17) is 0 Å². The molecule has 0 spiro atoms. The van der Waals surface area contributed by atoms with Gasteiger partial charge in [0.25, 0.3) is 0 Å². The van der Waals surface area contributed by atoms with Crippen LogP contribution in [0.3, 0.4) is 0 Å². The Bertz CT molecular complexity index is 169. The maximum absolute atomic E-state index is 4.14. The number of aryl methyl sites for hydroxylation is 1. The Morgan fingerprint density at radius 3 is 2.88 bits per heavy atom. The lowest BCUT2D eigenvalue weighted by Gasteiger charge is -1.79. The number of nitrogens with zero attached hydrogens (tertiary/aromatic N) is 1. The smallest absolute Gasteiger partial charge is 0.0932 e. The third-order valence-corrected chi connectivity index (χ3v) is 1.71. The van der Waals surface area contributed by atoms with Gasteiger partial charge >= 0.3 is 0 Å². The standard InChI is InChI=1S/C6H8NS/c1-3-6-4-8-5(2)7-6/h4H,2-3H2,1H3. The maximum atomic E-state index is 4.14. The molecule has 0 aliphatic carbocycles. The van der Waals surface area contributed by atoms with Crippen LogP contribution in [0.15, 0.2) is 5.38 Å². The Labute approximate surface area is 53.4 Å². The van der Waals surface area contributed by atoms with E-state index < -0.39 is 0 Å². The fourth-order valence-corrected chi connectivity index (χ4v) is 1.17. The molecule has 0 aromatic carbocycles. The van der Waals surface area contributed by atoms with E-state index in [0.717, 1.165) is 17.1 Å². The van der Waals surface area contributed by atoms with Crippen LogP contribution in [0.4, 0.5) is 0 Å². The minimum absolute atomic E-state index is 0.918. The quantitative estimate of drug-likeness (QED) is 0.560. The van der Waals surface area contributed by atoms with E-state index in [0.29, 0.717) is 0 Å². The zero-order valence-corrected chi connectivity index (χ0v) is 5.66. The third-order valence-electron chi connectivity index (χ3n) is 0.962. The van der Waals surface area contributed by atoms with Crippen LogP contribution in [0.2, 0.25) is 0 Å². The van der Waals surface area contributed by atoms with E-state index in [2.05, 4.69) is 18.8 Å². The summed E-state index contributed by atoms with van der Waals surface area (Å²) in [5, 5.41) is 2.96. The first-order valence-electron chi connectivity index (χ1n) is 2.59. The van der Waals surface area contributed by atoms with Crippen LogP contribution in [0.1, 0.15) is 17.6 Å². The van der Waals surface area contributed by atoms with Crippen LogP contribution in [-0.2, 0) is 6.42 Å². The third kappa shape index (κ3) is 1.07. The van der Waals surface area contributed by atoms with Crippen molar-refractivity contribution in [1.82, 2.24) is 4.98 Å². The maximum Gasteiger partial charge on any atom is 0.0932 e. The summed E-state index contributed by atoms with van der Waals surface area (Å²) in [5.41, 5.74) is 1.15. The van der Waals surface area contributed by atoms with Crippen molar-refractivity contribution in [1.29, 1.82) is 0 Å². The van der Waals surface area contributed by atoms with Crippen molar-refractivity contribution >= 4 is 11.3 Å². The molecule has 0 aliphatic rings. The molecule has 0 saturated carbocycles. The monoisotopic (exact) mass is 126 g/mol. The van der Waals surface area contributed by atoms with Gasteiger partial charge in [0.2, 0.25) is 0 Å². The second kappa shape index (κ2) is 2.27. The van der Waals surface area contributed by atoms with Gasteiger partial charge in [-0.2, -0.15) is 0 Å². The van der Waals surface area contributed by atoms with E-state index in [-0.39, 0.29) is 0 Å². The van der Waals surface area contributed by atoms with Crippen LogP contribution in [-0.4, -0.2) is 4.98 Å². The Balaban J connectivity index is 2.84. The zero-order chi connectivity index (χ0) is 5.98. The molecular formula is C6H8NS. The Morgan fingerprint density at radius 1 is 1.88 bits per heavy atom. The van der Waals surface area contributed by atoms with E-state index >= 15 is 0 Å². The van der Waals surface area contributed by atoms with Gasteiger partial charge in [0.15, 0.2) is 0 Å². The highest BCUT2D eigenvalue weighted by atomic mass is 32.1. The number of hydrogen-bond donors (Lipinski definition) is 0. The van der Waals surface area contributed by atoms with Gasteiger partial charge in [0.1, 0.15) is 0 Å². The molecule has 1 radical (unpaired) electrons. The molecule has 1 aromatic rings. The fourth-order valence-electron chi connectivity index (χ4n) is 0.511. The summed E-state index contributed by atoms with van der Waals surface area (Å²) in [7, 11) is 0. The van der Waals surface area contributed by atoms with Crippen molar-refractivity contribution in [2.75, 3.05) is 0 Å². The van der Waals surface area contributed by atoms with Crippen molar-refractivity contribution in [2.24, 2.45) is 0 Å². The molecule has 1 nitrogen and oxygen atoms in total. The highest BCUT2D eigenvalue weighted by molar-refractivity contribution is 7.09. The van der Waals surface area contributed by atoms with Crippen molar-refractivity contribution in [3.05, 3.63) is 23.0 Å². The molecule has 0 aliphatic heterocycles. The summed E-state index contributed by atoms with van der Waals surface area (Å²) in [6.07, 6.45) is 1.02. The normalized spacial score (nSPS) is 9.75. The van der Waals surface area contributed by atoms with E-state index in [1.165, 1.54) is 0 Å². The van der Waals surface area contributed by atoms with Gasteiger partial charge < -0.3 is 0 Å². The van der Waals surface area contributed by atoms with Crippen molar-refractivity contribution < 1.29 is 0 Å². The predicted molar refractivity (Wildman–Crippen MR) is 36.0 cm³/mol. The minimum atomic E-state index is 0.918. The molecule has 0 amide bonds. The molecule has 0 fully saturated rings. The lowest BCUT2D eigenvalue weighted by Crippen LogP contribution is -1.76. The molecule has 1 aromatic heterocycles. The van der Waals surface area contributed by atoms with Crippen LogP contribution in [0, 0.1) is 6.92 Å². The molecule has 0 saturated heterocycles. The molecule has 1 heterocycles. The summed E-state index contributed by atoms with van der Waals surface area (Å²) < 4.78 is 0. The lowest BCUT2D eigenvalue weighted by atomic mass is 10.4. The molecule has 43 valence electrons. The Kier molecular flexibility index (Phi) is 1.63. The number of thiazole rings is 1. The molecule has 1 rings (SSSR count). The van der Waals surface area contributed by atoms with Gasteiger partial charge in [0, 0.05) is 12.3 Å². The van der Waals surface area contributed by atoms with Crippen LogP contribution in [0.5, 0.6) is 0 Å². The second-order valence-electron chi connectivity index (χ2n) is 1.59. The lowest BCUT2D eigenvalue weighted by molar-refractivity contribution is 1.06. The van der Waals surface area contributed by atoms with Crippen molar-refractivity contribution in [3.8, 4) is 0 Å². The van der Waals surface area contributed by atoms with Gasteiger partial charge in [0.05, 0.1) is 10.7 Å². The van der Waals surface area contributed by atoms with Crippen molar-refractivity contribution in [3.63, 3.8) is 0 Å². The average molecular weight is 126 g/mol. The first-order valence-corrected chi connectivity index (χ1v) is 3.47. The summed E-state index contributed by atoms with van der Waals surface area (Å²) in [6.45, 7) is 5.79. The number of aromatic nitrogens is 1. The first-order chi connectivity index (χ1) is 3.83. The molecule has 8 heavy (non-hydrogen) atoms. The highest BCUT2D eigenvalue weighted by Gasteiger charge is 1.91. The average Bonchev–Trinajstić information content (AvgIpc) is 2.14. The summed E-state index contributed by atoms with van der Waals surface area (Å²) in [4.78, 5) is 4.14. The first kappa shape index (κ1) is 5.76. The van der Waals surface area contributed by atoms with Gasteiger partial charge in [-0.25, -0.2) is 4.98 Å². The molecule has 0 bridgehead atoms.